The van der Waals surface area contributed by atoms with Gasteiger partial charge in [0.15, 0.2) is 0 Å². The van der Waals surface area contributed by atoms with Crippen molar-refractivity contribution in [3.63, 3.8) is 0 Å². The number of carbonyl (C=O) groups excluding carboxylic acids is 1. The highest BCUT2D eigenvalue weighted by Crippen LogP contribution is 2.19. The van der Waals surface area contributed by atoms with Crippen LogP contribution in [0, 0.1) is 5.92 Å². The Bertz CT molecular complexity index is 528. The maximum absolute atomic E-state index is 11.3. The second-order valence-corrected chi connectivity index (χ2v) is 6.10. The van der Waals surface area contributed by atoms with Crippen molar-refractivity contribution >= 4 is 12.0 Å². The Hall–Kier alpha value is -1.84. The molecule has 2 heterocycles. The van der Waals surface area contributed by atoms with Gasteiger partial charge in [-0.1, -0.05) is 32.4 Å². The minimum Gasteiger partial charge on any atom is -0.487 e. The molecule has 2 rings (SSSR count). The number of carbonyl (C=O) groups is 1. The molecule has 0 aromatic carbocycles. The second-order valence-electron chi connectivity index (χ2n) is 6.10. The molecule has 0 spiro atoms. The highest BCUT2D eigenvalue weighted by molar-refractivity contribution is 5.73. The van der Waals surface area contributed by atoms with E-state index >= 15 is 0 Å². The minimum atomic E-state index is 0.0741. The number of hydrogen-bond donors (Lipinski definition) is 0. The van der Waals surface area contributed by atoms with Gasteiger partial charge in [0.2, 0.25) is 5.91 Å². The van der Waals surface area contributed by atoms with E-state index in [9.17, 15) is 4.79 Å². The molecule has 1 aliphatic heterocycles. The Morgan fingerprint density at radius 3 is 3.05 bits per heavy atom. The van der Waals surface area contributed by atoms with Crippen LogP contribution in [-0.2, 0) is 4.79 Å². The first kappa shape index (κ1) is 16.5. The molecule has 0 N–H and O–H groups in total. The average molecular weight is 302 g/mol. The van der Waals surface area contributed by atoms with E-state index in [1.165, 1.54) is 6.42 Å². The van der Waals surface area contributed by atoms with Crippen LogP contribution in [0.4, 0.5) is 0 Å². The zero-order valence-electron chi connectivity index (χ0n) is 13.8. The molecular weight excluding hydrogens is 276 g/mol. The monoisotopic (exact) mass is 302 g/mol. The summed E-state index contributed by atoms with van der Waals surface area (Å²) in [7, 11) is 0. The first-order valence-electron chi connectivity index (χ1n) is 8.12. The van der Waals surface area contributed by atoms with Gasteiger partial charge in [0.05, 0.1) is 12.7 Å². The molecule has 22 heavy (non-hydrogen) atoms. The van der Waals surface area contributed by atoms with E-state index in [0.29, 0.717) is 12.5 Å². The number of likely N-dealkylation sites (tertiary alicyclic amines) is 1. The SMILES string of the molecule is CC[C@@H](C)C/C=C/c1cncc(O[C@H]2CCN(C(C)=O)C2)c1. The fourth-order valence-corrected chi connectivity index (χ4v) is 2.50. The third kappa shape index (κ3) is 4.86. The molecule has 4 heteroatoms. The van der Waals surface area contributed by atoms with Crippen molar-refractivity contribution in [3.8, 4) is 5.75 Å². The minimum absolute atomic E-state index is 0.0741. The van der Waals surface area contributed by atoms with Gasteiger partial charge in [-0.3, -0.25) is 9.78 Å². The molecule has 0 unspecified atom stereocenters. The van der Waals surface area contributed by atoms with Gasteiger partial charge in [-0.2, -0.15) is 0 Å². The number of pyridine rings is 1. The summed E-state index contributed by atoms with van der Waals surface area (Å²) in [5, 5.41) is 0. The van der Waals surface area contributed by atoms with Crippen LogP contribution in [0.3, 0.4) is 0 Å². The zero-order chi connectivity index (χ0) is 15.9. The molecule has 2 atom stereocenters. The highest BCUT2D eigenvalue weighted by atomic mass is 16.5. The molecule has 0 saturated carbocycles. The van der Waals surface area contributed by atoms with Gasteiger partial charge in [-0.05, 0) is 24.0 Å². The first-order chi connectivity index (χ1) is 10.6. The van der Waals surface area contributed by atoms with Crippen LogP contribution in [0.15, 0.2) is 24.5 Å². The summed E-state index contributed by atoms with van der Waals surface area (Å²) >= 11 is 0. The van der Waals surface area contributed by atoms with Crippen LogP contribution in [0.2, 0.25) is 0 Å². The number of rotatable bonds is 6. The topological polar surface area (TPSA) is 42.4 Å². The Morgan fingerprint density at radius 2 is 2.36 bits per heavy atom. The van der Waals surface area contributed by atoms with Gasteiger partial charge in [-0.25, -0.2) is 0 Å². The van der Waals surface area contributed by atoms with Gasteiger partial charge in [0.25, 0.3) is 0 Å². The lowest BCUT2D eigenvalue weighted by Crippen LogP contribution is -2.28. The summed E-state index contributed by atoms with van der Waals surface area (Å²) in [5.74, 6) is 1.60. The van der Waals surface area contributed by atoms with E-state index in [1.54, 1.807) is 13.1 Å². The van der Waals surface area contributed by atoms with Crippen molar-refractivity contribution in [2.75, 3.05) is 13.1 Å². The molecule has 1 aliphatic rings. The number of aromatic nitrogens is 1. The summed E-state index contributed by atoms with van der Waals surface area (Å²) in [5.41, 5.74) is 1.06. The van der Waals surface area contributed by atoms with E-state index in [-0.39, 0.29) is 12.0 Å². The van der Waals surface area contributed by atoms with Crippen LogP contribution in [0.1, 0.15) is 45.6 Å². The van der Waals surface area contributed by atoms with Crippen LogP contribution >= 0.6 is 0 Å². The average Bonchev–Trinajstić information content (AvgIpc) is 2.96. The van der Waals surface area contributed by atoms with Crippen LogP contribution in [0.5, 0.6) is 5.75 Å². The van der Waals surface area contributed by atoms with Crippen molar-refractivity contribution in [2.24, 2.45) is 5.92 Å². The quantitative estimate of drug-likeness (QED) is 0.807. The highest BCUT2D eigenvalue weighted by Gasteiger charge is 2.25. The maximum atomic E-state index is 11.3. The number of amides is 1. The maximum Gasteiger partial charge on any atom is 0.219 e. The number of allylic oxidation sites excluding steroid dienone is 1. The molecule has 1 amide bonds. The van der Waals surface area contributed by atoms with E-state index in [0.717, 1.165) is 30.7 Å². The summed E-state index contributed by atoms with van der Waals surface area (Å²) in [6, 6.07) is 2.01. The lowest BCUT2D eigenvalue weighted by atomic mass is 10.0. The van der Waals surface area contributed by atoms with Crippen molar-refractivity contribution in [3.05, 3.63) is 30.1 Å². The zero-order valence-corrected chi connectivity index (χ0v) is 13.8. The Kier molecular flexibility index (Phi) is 5.99. The van der Waals surface area contributed by atoms with Crippen molar-refractivity contribution in [1.82, 2.24) is 9.88 Å². The molecule has 1 fully saturated rings. The lowest BCUT2D eigenvalue weighted by molar-refractivity contribution is -0.128. The van der Waals surface area contributed by atoms with E-state index in [1.807, 2.05) is 17.2 Å². The Labute approximate surface area is 133 Å². The van der Waals surface area contributed by atoms with Gasteiger partial charge in [0, 0.05) is 26.1 Å². The molecule has 1 aromatic heterocycles. The number of ether oxygens (including phenoxy) is 1. The van der Waals surface area contributed by atoms with Crippen molar-refractivity contribution < 1.29 is 9.53 Å². The molecule has 0 aliphatic carbocycles. The fraction of sp³-hybridized carbons (Fsp3) is 0.556. The van der Waals surface area contributed by atoms with Crippen LogP contribution in [-0.4, -0.2) is 35.0 Å². The van der Waals surface area contributed by atoms with E-state index < -0.39 is 0 Å². The summed E-state index contributed by atoms with van der Waals surface area (Å²) in [6.45, 7) is 7.52. The van der Waals surface area contributed by atoms with E-state index in [4.69, 9.17) is 4.74 Å². The number of nitrogens with zero attached hydrogens (tertiary/aromatic N) is 2. The molecule has 1 aromatic rings. The molecule has 4 nitrogen and oxygen atoms in total. The van der Waals surface area contributed by atoms with Gasteiger partial charge < -0.3 is 9.64 Å². The van der Waals surface area contributed by atoms with Crippen molar-refractivity contribution in [1.29, 1.82) is 0 Å². The second kappa shape index (κ2) is 7.97. The van der Waals surface area contributed by atoms with Gasteiger partial charge >= 0.3 is 0 Å². The normalized spacial score (nSPS) is 19.6. The molecule has 1 saturated heterocycles. The summed E-state index contributed by atoms with van der Waals surface area (Å²) in [4.78, 5) is 17.4. The first-order valence-corrected chi connectivity index (χ1v) is 8.12. The Balaban J connectivity index is 1.90. The fourth-order valence-electron chi connectivity index (χ4n) is 2.50. The largest absolute Gasteiger partial charge is 0.487 e. The molecule has 0 bridgehead atoms. The van der Waals surface area contributed by atoms with E-state index in [2.05, 4.69) is 31.0 Å². The number of hydrogen-bond acceptors (Lipinski definition) is 3. The predicted octanol–water partition coefficient (Wildman–Crippen LogP) is 3.53. The standard InChI is InChI=1S/C18H26N2O2/c1-4-14(2)6-5-7-16-10-18(12-19-11-16)22-17-8-9-20(13-17)15(3)21/h5,7,10-12,14,17H,4,6,8-9,13H2,1-3H3/b7-5+/t14-,17+/m1/s1. The van der Waals surface area contributed by atoms with Crippen LogP contribution < -0.4 is 4.74 Å². The smallest absolute Gasteiger partial charge is 0.219 e. The lowest BCUT2D eigenvalue weighted by Gasteiger charge is -2.15. The molecule has 0 radical (unpaired) electrons. The summed E-state index contributed by atoms with van der Waals surface area (Å²) < 4.78 is 5.95. The predicted molar refractivity (Wildman–Crippen MR) is 88.6 cm³/mol. The van der Waals surface area contributed by atoms with Gasteiger partial charge in [-0.15, -0.1) is 0 Å². The van der Waals surface area contributed by atoms with Crippen LogP contribution in [0.25, 0.3) is 6.08 Å². The third-order valence-electron chi connectivity index (χ3n) is 4.17. The van der Waals surface area contributed by atoms with Gasteiger partial charge in [0.1, 0.15) is 11.9 Å². The third-order valence-corrected chi connectivity index (χ3v) is 4.17. The molecule has 120 valence electrons. The Morgan fingerprint density at radius 1 is 1.55 bits per heavy atom. The molecular formula is C18H26N2O2. The summed E-state index contributed by atoms with van der Waals surface area (Å²) in [6.07, 6.45) is 11.1. The van der Waals surface area contributed by atoms with Crippen molar-refractivity contribution in [2.45, 2.75) is 46.1 Å².